The van der Waals surface area contributed by atoms with Gasteiger partial charge in [-0.05, 0) is 38.1 Å². The van der Waals surface area contributed by atoms with E-state index in [9.17, 15) is 0 Å². The van der Waals surface area contributed by atoms with Crippen molar-refractivity contribution in [3.8, 4) is 0 Å². The molecular formula is C11H23N. The van der Waals surface area contributed by atoms with E-state index < -0.39 is 0 Å². The monoisotopic (exact) mass is 169 g/mol. The van der Waals surface area contributed by atoms with Crippen molar-refractivity contribution in [3.05, 3.63) is 0 Å². The zero-order valence-corrected chi connectivity index (χ0v) is 9.06. The van der Waals surface area contributed by atoms with E-state index in [0.717, 1.165) is 6.04 Å². The molecule has 0 aromatic carbocycles. The minimum atomic E-state index is 0.557. The fourth-order valence-electron chi connectivity index (χ4n) is 2.10. The molecule has 0 amide bonds. The van der Waals surface area contributed by atoms with Crippen LogP contribution in [-0.2, 0) is 0 Å². The van der Waals surface area contributed by atoms with Gasteiger partial charge < -0.3 is 4.90 Å². The first-order valence-electron chi connectivity index (χ1n) is 5.29. The molecule has 1 fully saturated rings. The van der Waals surface area contributed by atoms with Crippen LogP contribution in [0, 0.1) is 5.41 Å². The number of piperidine rings is 1. The van der Waals surface area contributed by atoms with Crippen LogP contribution in [0.15, 0.2) is 0 Å². The quantitative estimate of drug-likeness (QED) is 0.614. The Balaban J connectivity index is 2.46. The second-order valence-electron chi connectivity index (χ2n) is 5.00. The van der Waals surface area contributed by atoms with Crippen LogP contribution in [0.2, 0.25) is 0 Å². The third-order valence-corrected chi connectivity index (χ3v) is 3.14. The van der Waals surface area contributed by atoms with Gasteiger partial charge in [0.1, 0.15) is 0 Å². The van der Waals surface area contributed by atoms with Crippen molar-refractivity contribution in [2.75, 3.05) is 13.1 Å². The molecule has 0 bridgehead atoms. The first-order chi connectivity index (χ1) is 5.55. The summed E-state index contributed by atoms with van der Waals surface area (Å²) in [5.41, 5.74) is 0.557. The van der Waals surface area contributed by atoms with E-state index in [0.29, 0.717) is 5.41 Å². The molecule has 1 aliphatic heterocycles. The zero-order valence-electron chi connectivity index (χ0n) is 9.06. The normalized spacial score (nSPS) is 27.0. The van der Waals surface area contributed by atoms with Crippen LogP contribution in [0.3, 0.4) is 0 Å². The summed E-state index contributed by atoms with van der Waals surface area (Å²) in [6.07, 6.45) is 4.08. The molecule has 12 heavy (non-hydrogen) atoms. The maximum atomic E-state index is 2.64. The molecule has 0 aromatic rings. The Morgan fingerprint density at radius 2 is 2.08 bits per heavy atom. The van der Waals surface area contributed by atoms with Crippen LogP contribution in [0.1, 0.15) is 47.0 Å². The maximum Gasteiger partial charge on any atom is 0.00645 e. The summed E-state index contributed by atoms with van der Waals surface area (Å²) < 4.78 is 0. The lowest BCUT2D eigenvalue weighted by atomic mass is 9.83. The minimum absolute atomic E-state index is 0.557. The molecule has 0 saturated carbocycles. The molecule has 72 valence electrons. The van der Waals surface area contributed by atoms with Crippen molar-refractivity contribution in [3.63, 3.8) is 0 Å². The van der Waals surface area contributed by atoms with Crippen LogP contribution in [0.4, 0.5) is 0 Å². The molecule has 0 N–H and O–H groups in total. The molecule has 0 aromatic heterocycles. The van der Waals surface area contributed by atoms with Crippen molar-refractivity contribution in [2.24, 2.45) is 5.41 Å². The molecule has 1 atom stereocenters. The first kappa shape index (κ1) is 10.0. The van der Waals surface area contributed by atoms with E-state index in [4.69, 9.17) is 0 Å². The lowest BCUT2D eigenvalue weighted by molar-refractivity contribution is 0.0831. The van der Waals surface area contributed by atoms with E-state index in [2.05, 4.69) is 32.6 Å². The molecule has 0 spiro atoms. The Kier molecular flexibility index (Phi) is 3.16. The molecular weight excluding hydrogens is 146 g/mol. The Morgan fingerprint density at radius 3 is 2.58 bits per heavy atom. The summed E-state index contributed by atoms with van der Waals surface area (Å²) in [5, 5.41) is 0. The van der Waals surface area contributed by atoms with E-state index in [1.165, 1.54) is 32.4 Å². The fraction of sp³-hybridized carbons (Fsp3) is 1.00. The second-order valence-corrected chi connectivity index (χ2v) is 5.00. The number of likely N-dealkylation sites (tertiary alicyclic amines) is 1. The van der Waals surface area contributed by atoms with Crippen LogP contribution in [0.5, 0.6) is 0 Å². The highest BCUT2D eigenvalue weighted by molar-refractivity contribution is 4.81. The molecule has 1 heteroatoms. The summed E-state index contributed by atoms with van der Waals surface area (Å²) in [7, 11) is 0. The number of nitrogens with zero attached hydrogens (tertiary/aromatic N) is 1. The minimum Gasteiger partial charge on any atom is -0.300 e. The molecule has 1 unspecified atom stereocenters. The van der Waals surface area contributed by atoms with Crippen molar-refractivity contribution in [2.45, 2.75) is 53.0 Å². The standard InChI is InChI=1S/C11H23N/c1-5-10(2)12-8-6-7-11(3,4)9-12/h10H,5-9H2,1-4H3. The van der Waals surface area contributed by atoms with Gasteiger partial charge >= 0.3 is 0 Å². The zero-order chi connectivity index (χ0) is 9.19. The summed E-state index contributed by atoms with van der Waals surface area (Å²) in [4.78, 5) is 2.64. The van der Waals surface area contributed by atoms with Gasteiger partial charge in [0.2, 0.25) is 0 Å². The average molecular weight is 169 g/mol. The SMILES string of the molecule is CCC(C)N1CCCC(C)(C)C1. The lowest BCUT2D eigenvalue weighted by Gasteiger charge is -2.41. The van der Waals surface area contributed by atoms with Crippen molar-refractivity contribution < 1.29 is 0 Å². The van der Waals surface area contributed by atoms with Crippen molar-refractivity contribution in [1.29, 1.82) is 0 Å². The molecule has 1 rings (SSSR count). The van der Waals surface area contributed by atoms with Gasteiger partial charge in [-0.15, -0.1) is 0 Å². The van der Waals surface area contributed by atoms with E-state index in [1.807, 2.05) is 0 Å². The van der Waals surface area contributed by atoms with Gasteiger partial charge in [-0.25, -0.2) is 0 Å². The molecule has 1 saturated heterocycles. The van der Waals surface area contributed by atoms with E-state index in [1.54, 1.807) is 0 Å². The highest BCUT2D eigenvalue weighted by Crippen LogP contribution is 2.29. The van der Waals surface area contributed by atoms with Crippen LogP contribution < -0.4 is 0 Å². The molecule has 0 aliphatic carbocycles. The van der Waals surface area contributed by atoms with Crippen molar-refractivity contribution >= 4 is 0 Å². The topological polar surface area (TPSA) is 3.24 Å². The molecule has 1 aliphatic rings. The van der Waals surface area contributed by atoms with Crippen LogP contribution >= 0.6 is 0 Å². The summed E-state index contributed by atoms with van der Waals surface area (Å²) in [5.74, 6) is 0. The van der Waals surface area contributed by atoms with Crippen LogP contribution in [-0.4, -0.2) is 24.0 Å². The molecule has 1 nitrogen and oxygen atoms in total. The average Bonchev–Trinajstić information content (AvgIpc) is 2.01. The number of hydrogen-bond acceptors (Lipinski definition) is 1. The second kappa shape index (κ2) is 3.78. The van der Waals surface area contributed by atoms with E-state index >= 15 is 0 Å². The third-order valence-electron chi connectivity index (χ3n) is 3.14. The molecule has 0 radical (unpaired) electrons. The summed E-state index contributed by atoms with van der Waals surface area (Å²) in [6, 6.07) is 0.782. The van der Waals surface area contributed by atoms with Gasteiger partial charge in [0.05, 0.1) is 0 Å². The lowest BCUT2D eigenvalue weighted by Crippen LogP contribution is -2.44. The Morgan fingerprint density at radius 1 is 1.42 bits per heavy atom. The third kappa shape index (κ3) is 2.48. The van der Waals surface area contributed by atoms with Gasteiger partial charge in [0.15, 0.2) is 0 Å². The van der Waals surface area contributed by atoms with Crippen molar-refractivity contribution in [1.82, 2.24) is 4.90 Å². The summed E-state index contributed by atoms with van der Waals surface area (Å²) in [6.45, 7) is 12.0. The highest BCUT2D eigenvalue weighted by atomic mass is 15.2. The van der Waals surface area contributed by atoms with Crippen LogP contribution in [0.25, 0.3) is 0 Å². The largest absolute Gasteiger partial charge is 0.300 e. The highest BCUT2D eigenvalue weighted by Gasteiger charge is 2.27. The van der Waals surface area contributed by atoms with Gasteiger partial charge in [-0.2, -0.15) is 0 Å². The Bertz CT molecular complexity index is 140. The number of hydrogen-bond donors (Lipinski definition) is 0. The van der Waals surface area contributed by atoms with Gasteiger partial charge in [0.25, 0.3) is 0 Å². The van der Waals surface area contributed by atoms with Gasteiger partial charge in [0, 0.05) is 12.6 Å². The summed E-state index contributed by atoms with van der Waals surface area (Å²) >= 11 is 0. The van der Waals surface area contributed by atoms with E-state index in [-0.39, 0.29) is 0 Å². The van der Waals surface area contributed by atoms with Gasteiger partial charge in [-0.3, -0.25) is 0 Å². The maximum absolute atomic E-state index is 2.64. The van der Waals surface area contributed by atoms with Gasteiger partial charge in [-0.1, -0.05) is 20.8 Å². The predicted molar refractivity (Wildman–Crippen MR) is 54.3 cm³/mol. The number of rotatable bonds is 2. The first-order valence-corrected chi connectivity index (χ1v) is 5.29. The fourth-order valence-corrected chi connectivity index (χ4v) is 2.10. The smallest absolute Gasteiger partial charge is 0.00645 e. The Labute approximate surface area is 77.1 Å². The Hall–Kier alpha value is -0.0400. The predicted octanol–water partition coefficient (Wildman–Crippen LogP) is 2.91. The molecule has 1 heterocycles.